The lowest BCUT2D eigenvalue weighted by Crippen LogP contribution is -2.21. The van der Waals surface area contributed by atoms with Crippen LogP contribution in [0.3, 0.4) is 0 Å². The van der Waals surface area contributed by atoms with Crippen molar-refractivity contribution in [1.82, 2.24) is 25.0 Å². The van der Waals surface area contributed by atoms with Gasteiger partial charge >= 0.3 is 0 Å². The lowest BCUT2D eigenvalue weighted by Gasteiger charge is -2.22. The van der Waals surface area contributed by atoms with E-state index in [4.69, 9.17) is 0 Å². The number of nitrogens with one attached hydrogen (secondary N) is 1. The van der Waals surface area contributed by atoms with Gasteiger partial charge in [-0.1, -0.05) is 5.21 Å². The Hall–Kier alpha value is -2.70. The van der Waals surface area contributed by atoms with Gasteiger partial charge in [0.15, 0.2) is 17.0 Å². The maximum Gasteiger partial charge on any atom is 0.183 e. The van der Waals surface area contributed by atoms with Crippen LogP contribution in [-0.2, 0) is 7.05 Å². The molecule has 1 N–H and O–H groups in total. The zero-order valence-corrected chi connectivity index (χ0v) is 13.9. The first-order valence-corrected chi connectivity index (χ1v) is 7.77. The molecule has 0 saturated carbocycles. The van der Waals surface area contributed by atoms with Crippen LogP contribution < -0.4 is 10.2 Å². The number of anilines is 3. The van der Waals surface area contributed by atoms with Gasteiger partial charge in [0.2, 0.25) is 0 Å². The van der Waals surface area contributed by atoms with E-state index in [0.29, 0.717) is 17.0 Å². The molecule has 120 valence electrons. The van der Waals surface area contributed by atoms with E-state index in [2.05, 4.69) is 69.5 Å². The fourth-order valence-corrected chi connectivity index (χ4v) is 2.65. The molecule has 0 radical (unpaired) electrons. The van der Waals surface area contributed by atoms with Crippen LogP contribution in [0, 0.1) is 6.92 Å². The Morgan fingerprint density at radius 1 is 1.17 bits per heavy atom. The molecule has 3 aromatic rings. The summed E-state index contributed by atoms with van der Waals surface area (Å²) in [6.45, 7) is 8.40. The van der Waals surface area contributed by atoms with Crippen molar-refractivity contribution >= 4 is 28.4 Å². The summed E-state index contributed by atoms with van der Waals surface area (Å²) < 4.78 is 1.64. The number of nitrogens with zero attached hydrogens (tertiary/aromatic N) is 6. The average molecular weight is 311 g/mol. The van der Waals surface area contributed by atoms with E-state index in [1.807, 2.05) is 7.05 Å². The zero-order chi connectivity index (χ0) is 16.4. The van der Waals surface area contributed by atoms with Crippen LogP contribution in [0.25, 0.3) is 11.2 Å². The van der Waals surface area contributed by atoms with E-state index in [0.717, 1.165) is 24.3 Å². The predicted molar refractivity (Wildman–Crippen MR) is 92.1 cm³/mol. The van der Waals surface area contributed by atoms with Gasteiger partial charge in [-0.05, 0) is 44.5 Å². The Morgan fingerprint density at radius 3 is 2.65 bits per heavy atom. The molecule has 7 heteroatoms. The normalized spacial score (nSPS) is 11.0. The van der Waals surface area contributed by atoms with Crippen LogP contribution in [0.1, 0.15) is 19.4 Å². The van der Waals surface area contributed by atoms with Crippen molar-refractivity contribution in [1.29, 1.82) is 0 Å². The number of fused-ring (bicyclic) bond motifs is 1. The molecule has 0 atom stereocenters. The van der Waals surface area contributed by atoms with Gasteiger partial charge in [0.05, 0.1) is 0 Å². The van der Waals surface area contributed by atoms with Crippen LogP contribution >= 0.6 is 0 Å². The van der Waals surface area contributed by atoms with Crippen LogP contribution in [0.5, 0.6) is 0 Å². The fraction of sp³-hybridized carbons (Fsp3) is 0.375. The van der Waals surface area contributed by atoms with Gasteiger partial charge in [0, 0.05) is 31.5 Å². The third-order valence-corrected chi connectivity index (χ3v) is 3.98. The van der Waals surface area contributed by atoms with Crippen molar-refractivity contribution in [3.63, 3.8) is 0 Å². The second-order valence-corrected chi connectivity index (χ2v) is 5.40. The minimum Gasteiger partial charge on any atom is -0.372 e. The topological polar surface area (TPSA) is 71.8 Å². The summed E-state index contributed by atoms with van der Waals surface area (Å²) in [5.41, 5.74) is 4.77. The molecule has 0 aliphatic heterocycles. The van der Waals surface area contributed by atoms with Crippen LogP contribution in [0.15, 0.2) is 24.5 Å². The molecule has 23 heavy (non-hydrogen) atoms. The fourth-order valence-electron chi connectivity index (χ4n) is 2.65. The van der Waals surface area contributed by atoms with E-state index >= 15 is 0 Å². The van der Waals surface area contributed by atoms with Crippen molar-refractivity contribution < 1.29 is 0 Å². The first-order valence-electron chi connectivity index (χ1n) is 7.77. The molecule has 0 spiro atoms. The van der Waals surface area contributed by atoms with Gasteiger partial charge < -0.3 is 10.2 Å². The summed E-state index contributed by atoms with van der Waals surface area (Å²) in [4.78, 5) is 10.8. The van der Waals surface area contributed by atoms with Crippen molar-refractivity contribution in [3.05, 3.63) is 30.1 Å². The average Bonchev–Trinajstić information content (AvgIpc) is 2.94. The Labute approximate surface area is 135 Å². The molecule has 0 amide bonds. The number of hydrogen-bond donors (Lipinski definition) is 1. The highest BCUT2D eigenvalue weighted by Crippen LogP contribution is 2.26. The number of benzene rings is 1. The second-order valence-electron chi connectivity index (χ2n) is 5.40. The summed E-state index contributed by atoms with van der Waals surface area (Å²) in [5, 5.41) is 11.5. The highest BCUT2D eigenvalue weighted by atomic mass is 15.4. The van der Waals surface area contributed by atoms with E-state index in [9.17, 15) is 0 Å². The second kappa shape index (κ2) is 6.20. The Kier molecular flexibility index (Phi) is 4.10. The minimum atomic E-state index is 0.668. The van der Waals surface area contributed by atoms with Crippen molar-refractivity contribution in [2.45, 2.75) is 20.8 Å². The molecule has 0 saturated heterocycles. The lowest BCUT2D eigenvalue weighted by molar-refractivity contribution is 0.729. The third kappa shape index (κ3) is 2.81. The number of aryl methyl sites for hydroxylation is 2. The number of rotatable bonds is 5. The predicted octanol–water partition coefficient (Wildman–Crippen LogP) is 2.66. The summed E-state index contributed by atoms with van der Waals surface area (Å²) in [6.07, 6.45) is 1.52. The van der Waals surface area contributed by atoms with Crippen LogP contribution in [-0.4, -0.2) is 38.1 Å². The van der Waals surface area contributed by atoms with Gasteiger partial charge in [-0.3, -0.25) is 0 Å². The lowest BCUT2D eigenvalue weighted by atomic mass is 10.1. The largest absolute Gasteiger partial charge is 0.372 e. The minimum absolute atomic E-state index is 0.668. The highest BCUT2D eigenvalue weighted by molar-refractivity contribution is 5.84. The molecule has 0 bridgehead atoms. The molecule has 0 fully saturated rings. The Bertz CT molecular complexity index is 820. The van der Waals surface area contributed by atoms with Crippen LogP contribution in [0.4, 0.5) is 17.2 Å². The molecule has 0 unspecified atom stereocenters. The molecule has 3 rings (SSSR count). The Morgan fingerprint density at radius 2 is 1.96 bits per heavy atom. The maximum atomic E-state index is 4.30. The van der Waals surface area contributed by atoms with E-state index < -0.39 is 0 Å². The molecular weight excluding hydrogens is 290 g/mol. The number of aromatic nitrogens is 5. The highest BCUT2D eigenvalue weighted by Gasteiger charge is 2.11. The Balaban J connectivity index is 1.93. The zero-order valence-electron chi connectivity index (χ0n) is 13.9. The summed E-state index contributed by atoms with van der Waals surface area (Å²) in [7, 11) is 1.82. The standard InChI is InChI=1S/C16H21N7/c1-5-23(6-2)12-7-8-13(11(3)9-12)19-15-14-16(18-10-17-15)22(4)21-20-14/h7-10H,5-6H2,1-4H3,(H,17,18,19). The smallest absolute Gasteiger partial charge is 0.183 e. The van der Waals surface area contributed by atoms with Gasteiger partial charge in [-0.25, -0.2) is 14.6 Å². The van der Waals surface area contributed by atoms with Crippen LogP contribution in [0.2, 0.25) is 0 Å². The quantitative estimate of drug-likeness (QED) is 0.781. The summed E-state index contributed by atoms with van der Waals surface area (Å²) in [5.74, 6) is 0.668. The van der Waals surface area contributed by atoms with E-state index in [-0.39, 0.29) is 0 Å². The molecule has 2 heterocycles. The molecule has 0 aliphatic carbocycles. The summed E-state index contributed by atoms with van der Waals surface area (Å²) in [6, 6.07) is 6.38. The van der Waals surface area contributed by atoms with Gasteiger partial charge in [0.1, 0.15) is 6.33 Å². The van der Waals surface area contributed by atoms with E-state index in [1.165, 1.54) is 12.0 Å². The molecule has 2 aromatic heterocycles. The summed E-state index contributed by atoms with van der Waals surface area (Å²) >= 11 is 0. The molecule has 0 aliphatic rings. The third-order valence-electron chi connectivity index (χ3n) is 3.98. The van der Waals surface area contributed by atoms with Gasteiger partial charge in [0.25, 0.3) is 0 Å². The van der Waals surface area contributed by atoms with Gasteiger partial charge in [-0.15, -0.1) is 5.10 Å². The molecule has 7 nitrogen and oxygen atoms in total. The van der Waals surface area contributed by atoms with Crippen molar-refractivity contribution in [2.75, 3.05) is 23.3 Å². The molecule has 1 aromatic carbocycles. The molecular formula is C16H21N7. The first-order chi connectivity index (χ1) is 11.1. The van der Waals surface area contributed by atoms with Gasteiger partial charge in [-0.2, -0.15) is 0 Å². The number of hydrogen-bond acceptors (Lipinski definition) is 6. The first kappa shape index (κ1) is 15.2. The van der Waals surface area contributed by atoms with E-state index in [1.54, 1.807) is 4.68 Å². The SMILES string of the molecule is CCN(CC)c1ccc(Nc2ncnc3c2nnn3C)c(C)c1. The van der Waals surface area contributed by atoms with Crippen molar-refractivity contribution in [3.8, 4) is 0 Å². The maximum absolute atomic E-state index is 4.30. The van der Waals surface area contributed by atoms with Crippen molar-refractivity contribution in [2.24, 2.45) is 7.05 Å². The monoisotopic (exact) mass is 311 g/mol.